The highest BCUT2D eigenvalue weighted by molar-refractivity contribution is 5.92. The number of rotatable bonds is 7. The fourth-order valence-corrected chi connectivity index (χ4v) is 2.95. The quantitative estimate of drug-likeness (QED) is 0.755. The van der Waals surface area contributed by atoms with E-state index in [2.05, 4.69) is 10.3 Å². The molecule has 2 aromatic rings. The van der Waals surface area contributed by atoms with Crippen molar-refractivity contribution >= 4 is 11.9 Å². The summed E-state index contributed by atoms with van der Waals surface area (Å²) in [5, 5.41) is 3.01. The van der Waals surface area contributed by atoms with Gasteiger partial charge in [0.25, 0.3) is 0 Å². The summed E-state index contributed by atoms with van der Waals surface area (Å²) in [6.07, 6.45) is 0.916. The molecule has 1 heterocycles. The highest BCUT2D eigenvalue weighted by atomic mass is 16.5. The zero-order valence-electron chi connectivity index (χ0n) is 15.3. The van der Waals surface area contributed by atoms with Gasteiger partial charge in [0.1, 0.15) is 0 Å². The number of hydrogen-bond donors (Lipinski definition) is 2. The number of aryl methyl sites for hydroxylation is 2. The minimum Gasteiger partial charge on any atom is -0.462 e. The van der Waals surface area contributed by atoms with Crippen LogP contribution in [0, 0.1) is 13.8 Å². The molecular formula is C20H26N2O3. The van der Waals surface area contributed by atoms with Gasteiger partial charge in [-0.05, 0) is 45.2 Å². The highest BCUT2D eigenvalue weighted by Crippen LogP contribution is 2.20. The molecule has 0 aliphatic heterocycles. The molecule has 0 spiro atoms. The van der Waals surface area contributed by atoms with E-state index in [1.807, 2.05) is 51.1 Å². The maximum absolute atomic E-state index is 12.2. The van der Waals surface area contributed by atoms with Crippen molar-refractivity contribution in [3.8, 4) is 0 Å². The number of esters is 1. The van der Waals surface area contributed by atoms with Crippen LogP contribution in [-0.4, -0.2) is 23.5 Å². The normalized spacial score (nSPS) is 11.8. The molecule has 0 unspecified atom stereocenters. The lowest BCUT2D eigenvalue weighted by Gasteiger charge is -2.14. The number of aromatic nitrogens is 1. The van der Waals surface area contributed by atoms with Gasteiger partial charge in [0.05, 0.1) is 18.2 Å². The van der Waals surface area contributed by atoms with Crippen molar-refractivity contribution in [1.82, 2.24) is 10.3 Å². The second-order valence-electron chi connectivity index (χ2n) is 6.15. The van der Waals surface area contributed by atoms with Gasteiger partial charge in [-0.25, -0.2) is 4.79 Å². The first-order valence-corrected chi connectivity index (χ1v) is 8.63. The third-order valence-corrected chi connectivity index (χ3v) is 4.30. The number of amides is 1. The van der Waals surface area contributed by atoms with E-state index >= 15 is 0 Å². The Bertz CT molecular complexity index is 735. The molecule has 1 aromatic carbocycles. The fraction of sp³-hybridized carbons (Fsp3) is 0.400. The Morgan fingerprint density at radius 1 is 1.20 bits per heavy atom. The van der Waals surface area contributed by atoms with E-state index in [1.165, 1.54) is 0 Å². The third-order valence-electron chi connectivity index (χ3n) is 4.30. The molecule has 2 rings (SSSR count). The van der Waals surface area contributed by atoms with Gasteiger partial charge in [-0.15, -0.1) is 0 Å². The summed E-state index contributed by atoms with van der Waals surface area (Å²) >= 11 is 0. The van der Waals surface area contributed by atoms with Crippen LogP contribution in [0.15, 0.2) is 30.3 Å². The summed E-state index contributed by atoms with van der Waals surface area (Å²) in [5.41, 5.74) is 4.20. The molecule has 2 N–H and O–H groups in total. The number of carbonyl (C=O) groups excluding carboxylic acids is 2. The summed E-state index contributed by atoms with van der Waals surface area (Å²) in [6.45, 7) is 7.83. The van der Waals surface area contributed by atoms with E-state index in [1.54, 1.807) is 6.92 Å². The van der Waals surface area contributed by atoms with E-state index in [9.17, 15) is 9.59 Å². The molecule has 0 aliphatic rings. The predicted octanol–water partition coefficient (Wildman–Crippen LogP) is 3.62. The van der Waals surface area contributed by atoms with Crippen LogP contribution in [0.3, 0.4) is 0 Å². The van der Waals surface area contributed by atoms with Crippen LogP contribution in [0.25, 0.3) is 0 Å². The molecule has 25 heavy (non-hydrogen) atoms. The van der Waals surface area contributed by atoms with Crippen LogP contribution in [0.2, 0.25) is 0 Å². The van der Waals surface area contributed by atoms with Crippen molar-refractivity contribution in [2.75, 3.05) is 6.61 Å². The standard InChI is InChI=1S/C20H26N2O3/c1-5-25-20(24)19-13(2)17(21-15(19)4)11-12-18(23)22-14(3)16-9-7-6-8-10-16/h6-10,14,21H,5,11-12H2,1-4H3,(H,22,23)/t14-/m1/s1. The van der Waals surface area contributed by atoms with Crippen molar-refractivity contribution < 1.29 is 14.3 Å². The largest absolute Gasteiger partial charge is 0.462 e. The van der Waals surface area contributed by atoms with Gasteiger partial charge in [-0.3, -0.25) is 4.79 Å². The van der Waals surface area contributed by atoms with Crippen LogP contribution in [-0.2, 0) is 16.0 Å². The summed E-state index contributed by atoms with van der Waals surface area (Å²) < 4.78 is 5.09. The Kier molecular flexibility index (Phi) is 6.39. The molecule has 0 radical (unpaired) electrons. The summed E-state index contributed by atoms with van der Waals surface area (Å²) in [7, 11) is 0. The van der Waals surface area contributed by atoms with Crippen molar-refractivity contribution in [2.45, 2.75) is 46.6 Å². The van der Waals surface area contributed by atoms with Crippen molar-refractivity contribution in [3.05, 3.63) is 58.4 Å². The van der Waals surface area contributed by atoms with Crippen LogP contribution in [0.1, 0.15) is 59.2 Å². The average Bonchev–Trinajstić information content (AvgIpc) is 2.87. The predicted molar refractivity (Wildman–Crippen MR) is 97.5 cm³/mol. The summed E-state index contributed by atoms with van der Waals surface area (Å²) in [4.78, 5) is 27.5. The number of hydrogen-bond acceptors (Lipinski definition) is 3. The maximum Gasteiger partial charge on any atom is 0.340 e. The van der Waals surface area contributed by atoms with Gasteiger partial charge >= 0.3 is 5.97 Å². The Balaban J connectivity index is 1.96. The summed E-state index contributed by atoms with van der Waals surface area (Å²) in [6, 6.07) is 9.83. The lowest BCUT2D eigenvalue weighted by Crippen LogP contribution is -2.26. The molecule has 1 atom stereocenters. The first-order valence-electron chi connectivity index (χ1n) is 8.63. The molecule has 134 valence electrons. The Morgan fingerprint density at radius 3 is 2.52 bits per heavy atom. The minimum atomic E-state index is -0.317. The fourth-order valence-electron chi connectivity index (χ4n) is 2.95. The Morgan fingerprint density at radius 2 is 1.88 bits per heavy atom. The smallest absolute Gasteiger partial charge is 0.340 e. The average molecular weight is 342 g/mol. The molecule has 0 bridgehead atoms. The van der Waals surface area contributed by atoms with E-state index in [-0.39, 0.29) is 17.9 Å². The molecule has 0 saturated heterocycles. The second kappa shape index (κ2) is 8.51. The Hall–Kier alpha value is -2.56. The molecule has 0 fully saturated rings. The number of H-pyrrole nitrogens is 1. The van der Waals surface area contributed by atoms with Crippen molar-refractivity contribution in [2.24, 2.45) is 0 Å². The first kappa shape index (κ1) is 18.8. The third kappa shape index (κ3) is 4.72. The molecule has 1 amide bonds. The van der Waals surface area contributed by atoms with Gasteiger partial charge in [-0.2, -0.15) is 0 Å². The molecular weight excluding hydrogens is 316 g/mol. The molecule has 5 heteroatoms. The van der Waals surface area contributed by atoms with Gasteiger partial charge in [-0.1, -0.05) is 30.3 Å². The second-order valence-corrected chi connectivity index (χ2v) is 6.15. The van der Waals surface area contributed by atoms with Gasteiger partial charge in [0.15, 0.2) is 0 Å². The van der Waals surface area contributed by atoms with Crippen molar-refractivity contribution in [3.63, 3.8) is 0 Å². The lowest BCUT2D eigenvalue weighted by atomic mass is 10.1. The first-order chi connectivity index (χ1) is 11.9. The minimum absolute atomic E-state index is 0.0132. The van der Waals surface area contributed by atoms with E-state index in [0.717, 1.165) is 22.5 Å². The number of carbonyl (C=O) groups is 2. The number of aromatic amines is 1. The van der Waals surface area contributed by atoms with Crippen LogP contribution >= 0.6 is 0 Å². The molecule has 5 nitrogen and oxygen atoms in total. The monoisotopic (exact) mass is 342 g/mol. The number of ether oxygens (including phenoxy) is 1. The van der Waals surface area contributed by atoms with Gasteiger partial charge < -0.3 is 15.0 Å². The van der Waals surface area contributed by atoms with Gasteiger partial charge in [0, 0.05) is 17.8 Å². The zero-order valence-corrected chi connectivity index (χ0v) is 15.3. The van der Waals surface area contributed by atoms with Crippen molar-refractivity contribution in [1.29, 1.82) is 0 Å². The van der Waals surface area contributed by atoms with E-state index in [4.69, 9.17) is 4.74 Å². The number of benzene rings is 1. The molecule has 0 aliphatic carbocycles. The van der Waals surface area contributed by atoms with Crippen LogP contribution in [0.5, 0.6) is 0 Å². The zero-order chi connectivity index (χ0) is 18.4. The summed E-state index contributed by atoms with van der Waals surface area (Å²) in [5.74, 6) is -0.331. The van der Waals surface area contributed by atoms with Gasteiger partial charge in [0.2, 0.25) is 5.91 Å². The SMILES string of the molecule is CCOC(=O)c1c(C)[nH]c(CCC(=O)N[C@H](C)c2ccccc2)c1C. The maximum atomic E-state index is 12.2. The lowest BCUT2D eigenvalue weighted by molar-refractivity contribution is -0.121. The van der Waals surface area contributed by atoms with Crippen LogP contribution in [0.4, 0.5) is 0 Å². The topological polar surface area (TPSA) is 71.2 Å². The highest BCUT2D eigenvalue weighted by Gasteiger charge is 2.19. The van der Waals surface area contributed by atoms with Crippen LogP contribution < -0.4 is 5.32 Å². The molecule has 0 saturated carbocycles. The molecule has 1 aromatic heterocycles. The Labute approximate surface area is 148 Å². The van der Waals surface area contributed by atoms with E-state index < -0.39 is 0 Å². The van der Waals surface area contributed by atoms with E-state index in [0.29, 0.717) is 25.0 Å². The number of nitrogens with one attached hydrogen (secondary N) is 2.